The highest BCUT2D eigenvalue weighted by Crippen LogP contribution is 2.34. The molecule has 3 heteroatoms. The summed E-state index contributed by atoms with van der Waals surface area (Å²) < 4.78 is 5.83. The van der Waals surface area contributed by atoms with E-state index in [4.69, 9.17) is 4.74 Å². The molecule has 2 rings (SSSR count). The van der Waals surface area contributed by atoms with Gasteiger partial charge < -0.3 is 14.4 Å². The van der Waals surface area contributed by atoms with E-state index in [1.165, 1.54) is 0 Å². The second-order valence-corrected chi connectivity index (χ2v) is 4.86. The number of rotatable bonds is 4. The first-order valence-electron chi connectivity index (χ1n) is 6.07. The van der Waals surface area contributed by atoms with Crippen LogP contribution in [0.5, 0.6) is 0 Å². The predicted octanol–water partition coefficient (Wildman–Crippen LogP) is 2.61. The Morgan fingerprint density at radius 2 is 2.12 bits per heavy atom. The summed E-state index contributed by atoms with van der Waals surface area (Å²) in [5.41, 5.74) is 0.862. The normalized spacial score (nSPS) is 22.7. The first-order chi connectivity index (χ1) is 8.15. The van der Waals surface area contributed by atoms with Crippen LogP contribution in [0.1, 0.15) is 26.7 Å². The number of carbonyl (C=O) groups is 1. The summed E-state index contributed by atoms with van der Waals surface area (Å²) in [6.07, 6.45) is 2.42. The van der Waals surface area contributed by atoms with E-state index in [-0.39, 0.29) is 11.8 Å². The van der Waals surface area contributed by atoms with Crippen molar-refractivity contribution in [1.82, 2.24) is 0 Å². The van der Waals surface area contributed by atoms with Crippen molar-refractivity contribution in [1.29, 1.82) is 0 Å². The number of carbonyl (C=O) groups excluding carboxylic acids is 1. The maximum Gasteiger partial charge on any atom is 0.135 e. The van der Waals surface area contributed by atoms with Crippen LogP contribution in [0.4, 0.5) is 5.69 Å². The van der Waals surface area contributed by atoms with Gasteiger partial charge in [0.2, 0.25) is 0 Å². The lowest BCUT2D eigenvalue weighted by Gasteiger charge is -2.35. The molecule has 17 heavy (non-hydrogen) atoms. The van der Waals surface area contributed by atoms with Gasteiger partial charge in [0.25, 0.3) is 0 Å². The Balaban J connectivity index is 2.22. The van der Waals surface area contributed by atoms with Crippen LogP contribution in [0.15, 0.2) is 30.3 Å². The van der Waals surface area contributed by atoms with Crippen LogP contribution >= 0.6 is 0 Å². The average Bonchev–Trinajstić information content (AvgIpc) is 2.63. The van der Waals surface area contributed by atoms with Gasteiger partial charge in [-0.2, -0.15) is 0 Å². The molecule has 3 nitrogen and oxygen atoms in total. The number of hydrogen-bond acceptors (Lipinski definition) is 3. The lowest BCUT2D eigenvalue weighted by molar-refractivity contribution is -0.108. The number of nitrogens with zero attached hydrogens (tertiary/aromatic N) is 1. The van der Waals surface area contributed by atoms with E-state index < -0.39 is 0 Å². The van der Waals surface area contributed by atoms with Crippen LogP contribution in [-0.2, 0) is 9.53 Å². The monoisotopic (exact) mass is 233 g/mol. The average molecular weight is 233 g/mol. The van der Waals surface area contributed by atoms with Gasteiger partial charge in [-0.1, -0.05) is 18.2 Å². The van der Waals surface area contributed by atoms with Crippen molar-refractivity contribution < 1.29 is 9.53 Å². The van der Waals surface area contributed by atoms with Gasteiger partial charge in [-0.25, -0.2) is 0 Å². The zero-order chi connectivity index (χ0) is 12.3. The molecular weight excluding hydrogens is 214 g/mol. The van der Waals surface area contributed by atoms with E-state index in [1.807, 2.05) is 18.2 Å². The third-order valence-electron chi connectivity index (χ3n) is 3.23. The summed E-state index contributed by atoms with van der Waals surface area (Å²) >= 11 is 0. The molecule has 1 aromatic rings. The minimum atomic E-state index is -0.297. The van der Waals surface area contributed by atoms with Crippen LogP contribution in [0.25, 0.3) is 0 Å². The number of para-hydroxylation sites is 1. The Kier molecular flexibility index (Phi) is 3.48. The number of hydrogen-bond donors (Lipinski definition) is 0. The smallest absolute Gasteiger partial charge is 0.135 e. The summed E-state index contributed by atoms with van der Waals surface area (Å²) in [6.45, 7) is 4.83. The molecule has 0 aromatic heterocycles. The van der Waals surface area contributed by atoms with Gasteiger partial charge in [0, 0.05) is 12.1 Å². The quantitative estimate of drug-likeness (QED) is 0.749. The number of aldehydes is 1. The minimum absolute atomic E-state index is 0.289. The SMILES string of the molecule is CC1(C)OCC(CCC=O)N1c1ccccc1. The molecule has 0 aliphatic carbocycles. The molecule has 0 radical (unpaired) electrons. The van der Waals surface area contributed by atoms with Gasteiger partial charge in [0.15, 0.2) is 0 Å². The zero-order valence-electron chi connectivity index (χ0n) is 10.4. The van der Waals surface area contributed by atoms with Crippen LogP contribution in [0.3, 0.4) is 0 Å². The van der Waals surface area contributed by atoms with Crippen molar-refractivity contribution in [2.45, 2.75) is 38.5 Å². The molecule has 1 aliphatic rings. The van der Waals surface area contributed by atoms with Crippen LogP contribution < -0.4 is 4.90 Å². The topological polar surface area (TPSA) is 29.5 Å². The second-order valence-electron chi connectivity index (χ2n) is 4.86. The lowest BCUT2D eigenvalue weighted by atomic mass is 10.1. The van der Waals surface area contributed by atoms with Crippen molar-refractivity contribution in [2.24, 2.45) is 0 Å². The van der Waals surface area contributed by atoms with Crippen molar-refractivity contribution in [3.63, 3.8) is 0 Å². The Morgan fingerprint density at radius 1 is 1.41 bits per heavy atom. The van der Waals surface area contributed by atoms with Gasteiger partial charge in [-0.05, 0) is 32.4 Å². The van der Waals surface area contributed by atoms with Crippen molar-refractivity contribution in [3.05, 3.63) is 30.3 Å². The first kappa shape index (κ1) is 12.1. The lowest BCUT2D eigenvalue weighted by Crippen LogP contribution is -2.44. The van der Waals surface area contributed by atoms with Crippen LogP contribution in [-0.4, -0.2) is 24.7 Å². The number of ether oxygens (including phenoxy) is 1. The Bertz CT molecular complexity index is 375. The summed E-state index contributed by atoms with van der Waals surface area (Å²) in [7, 11) is 0. The molecule has 1 aliphatic heterocycles. The van der Waals surface area contributed by atoms with Crippen LogP contribution in [0.2, 0.25) is 0 Å². The summed E-state index contributed by atoms with van der Waals surface area (Å²) in [5.74, 6) is 0. The highest BCUT2D eigenvalue weighted by molar-refractivity contribution is 5.52. The molecule has 1 atom stereocenters. The minimum Gasteiger partial charge on any atom is -0.354 e. The Labute approximate surface area is 102 Å². The molecule has 0 bridgehead atoms. The maximum atomic E-state index is 10.5. The highest BCUT2D eigenvalue weighted by atomic mass is 16.5. The van der Waals surface area contributed by atoms with Gasteiger partial charge in [0.05, 0.1) is 12.6 Å². The molecule has 0 saturated carbocycles. The summed E-state index contributed by atoms with van der Waals surface area (Å²) in [4.78, 5) is 12.8. The second kappa shape index (κ2) is 4.88. The van der Waals surface area contributed by atoms with Gasteiger partial charge in [-0.3, -0.25) is 0 Å². The molecule has 92 valence electrons. The van der Waals surface area contributed by atoms with E-state index in [0.29, 0.717) is 13.0 Å². The van der Waals surface area contributed by atoms with Gasteiger partial charge in [0.1, 0.15) is 12.0 Å². The van der Waals surface area contributed by atoms with Crippen molar-refractivity contribution >= 4 is 12.0 Å². The van der Waals surface area contributed by atoms with E-state index in [0.717, 1.165) is 18.4 Å². The van der Waals surface area contributed by atoms with Crippen molar-refractivity contribution in [2.75, 3.05) is 11.5 Å². The van der Waals surface area contributed by atoms with Crippen LogP contribution in [0, 0.1) is 0 Å². The largest absolute Gasteiger partial charge is 0.354 e. The molecule has 0 spiro atoms. The Hall–Kier alpha value is -1.35. The third kappa shape index (κ3) is 2.50. The molecule has 0 amide bonds. The zero-order valence-corrected chi connectivity index (χ0v) is 10.4. The van der Waals surface area contributed by atoms with Gasteiger partial charge >= 0.3 is 0 Å². The number of anilines is 1. The van der Waals surface area contributed by atoms with E-state index in [9.17, 15) is 4.79 Å². The molecule has 1 aromatic carbocycles. The number of benzene rings is 1. The molecule has 1 heterocycles. The van der Waals surface area contributed by atoms with Crippen molar-refractivity contribution in [3.8, 4) is 0 Å². The van der Waals surface area contributed by atoms with E-state index in [1.54, 1.807) is 0 Å². The molecule has 1 saturated heterocycles. The molecular formula is C14H19NO2. The summed E-state index contributed by atoms with van der Waals surface area (Å²) in [6, 6.07) is 10.5. The predicted molar refractivity (Wildman–Crippen MR) is 68.0 cm³/mol. The fourth-order valence-corrected chi connectivity index (χ4v) is 2.47. The maximum absolute atomic E-state index is 10.5. The molecule has 1 fully saturated rings. The van der Waals surface area contributed by atoms with E-state index >= 15 is 0 Å². The first-order valence-corrected chi connectivity index (χ1v) is 6.07. The molecule has 1 unspecified atom stereocenters. The fourth-order valence-electron chi connectivity index (χ4n) is 2.47. The highest BCUT2D eigenvalue weighted by Gasteiger charge is 2.39. The summed E-state index contributed by atoms with van der Waals surface area (Å²) in [5, 5.41) is 0. The standard InChI is InChI=1S/C14H19NO2/c1-14(2)15(12-7-4-3-5-8-12)13(11-17-14)9-6-10-16/h3-5,7-8,10,13H,6,9,11H2,1-2H3. The van der Waals surface area contributed by atoms with Gasteiger partial charge in [-0.15, -0.1) is 0 Å². The Morgan fingerprint density at radius 3 is 2.76 bits per heavy atom. The fraction of sp³-hybridized carbons (Fsp3) is 0.500. The third-order valence-corrected chi connectivity index (χ3v) is 3.23. The van der Waals surface area contributed by atoms with E-state index in [2.05, 4.69) is 30.9 Å². The molecule has 0 N–H and O–H groups in total.